The summed E-state index contributed by atoms with van der Waals surface area (Å²) in [5.74, 6) is 0.266. The van der Waals surface area contributed by atoms with Gasteiger partial charge in [0.2, 0.25) is 0 Å². The first-order chi connectivity index (χ1) is 8.24. The molecule has 1 aliphatic carbocycles. The zero-order valence-electron chi connectivity index (χ0n) is 11.1. The van der Waals surface area contributed by atoms with Crippen LogP contribution in [0.5, 0.6) is 0 Å². The maximum atomic E-state index is 9.96. The molecule has 3 heteroatoms. The molecular formula is C14H28O3. The maximum absolute atomic E-state index is 9.96. The van der Waals surface area contributed by atoms with Crippen molar-refractivity contribution in [2.75, 3.05) is 13.2 Å². The summed E-state index contributed by atoms with van der Waals surface area (Å²) >= 11 is 0. The highest BCUT2D eigenvalue weighted by Gasteiger charge is 2.24. The van der Waals surface area contributed by atoms with Crippen molar-refractivity contribution in [2.45, 2.75) is 70.5 Å². The fourth-order valence-electron chi connectivity index (χ4n) is 2.52. The summed E-state index contributed by atoms with van der Waals surface area (Å²) in [6.07, 6.45) is 7.71. The predicted molar refractivity (Wildman–Crippen MR) is 68.9 cm³/mol. The van der Waals surface area contributed by atoms with Crippen LogP contribution in [-0.4, -0.2) is 35.6 Å². The maximum Gasteiger partial charge on any atom is 0.0777 e. The molecule has 0 amide bonds. The van der Waals surface area contributed by atoms with Gasteiger partial charge in [-0.3, -0.25) is 0 Å². The number of rotatable bonds is 7. The highest BCUT2D eigenvalue weighted by molar-refractivity contribution is 4.75. The third-order valence-electron chi connectivity index (χ3n) is 3.65. The second kappa shape index (κ2) is 8.90. The van der Waals surface area contributed by atoms with Crippen LogP contribution in [0.1, 0.15) is 58.3 Å². The van der Waals surface area contributed by atoms with E-state index in [1.54, 1.807) is 0 Å². The first-order valence-electron chi connectivity index (χ1n) is 7.18. The summed E-state index contributed by atoms with van der Waals surface area (Å²) < 4.78 is 5.41. The highest BCUT2D eigenvalue weighted by Crippen LogP contribution is 2.27. The Morgan fingerprint density at radius 2 is 2.00 bits per heavy atom. The topological polar surface area (TPSA) is 49.7 Å². The molecule has 3 unspecified atom stereocenters. The van der Waals surface area contributed by atoms with Crippen molar-refractivity contribution in [1.82, 2.24) is 0 Å². The quantitative estimate of drug-likeness (QED) is 0.534. The zero-order chi connectivity index (χ0) is 12.5. The van der Waals surface area contributed by atoms with Crippen molar-refractivity contribution >= 4 is 0 Å². The van der Waals surface area contributed by atoms with Crippen LogP contribution in [0, 0.1) is 5.92 Å². The molecule has 1 fully saturated rings. The monoisotopic (exact) mass is 244 g/mol. The summed E-state index contributed by atoms with van der Waals surface area (Å²) in [6.45, 7) is 3.28. The van der Waals surface area contributed by atoms with Gasteiger partial charge in [-0.05, 0) is 31.6 Å². The Labute approximate surface area is 105 Å². The third-order valence-corrected chi connectivity index (χ3v) is 3.65. The fraction of sp³-hybridized carbons (Fsp3) is 1.00. The zero-order valence-corrected chi connectivity index (χ0v) is 11.1. The van der Waals surface area contributed by atoms with E-state index in [1.807, 2.05) is 0 Å². The summed E-state index contributed by atoms with van der Waals surface area (Å²) in [5.41, 5.74) is 0. The van der Waals surface area contributed by atoms with Crippen LogP contribution in [0.2, 0.25) is 0 Å². The van der Waals surface area contributed by atoms with Gasteiger partial charge >= 0.3 is 0 Å². The van der Waals surface area contributed by atoms with Crippen LogP contribution < -0.4 is 0 Å². The van der Waals surface area contributed by atoms with Crippen molar-refractivity contribution in [3.8, 4) is 0 Å². The molecule has 17 heavy (non-hydrogen) atoms. The molecule has 2 N–H and O–H groups in total. The second-order valence-electron chi connectivity index (χ2n) is 5.28. The Morgan fingerprint density at radius 1 is 1.24 bits per heavy atom. The van der Waals surface area contributed by atoms with Gasteiger partial charge in [-0.15, -0.1) is 0 Å². The standard InChI is InChI=1S/C14H28O3/c1-2-3-9-17-11-13(15)10-12-7-5-4-6-8-14(12)16/h12-16H,2-11H2,1H3. The Bertz CT molecular complexity index is 184. The van der Waals surface area contributed by atoms with E-state index in [-0.39, 0.29) is 12.0 Å². The number of unbranched alkanes of at least 4 members (excludes halogenated alkanes) is 1. The molecular weight excluding hydrogens is 216 g/mol. The van der Waals surface area contributed by atoms with Gasteiger partial charge in [-0.25, -0.2) is 0 Å². The van der Waals surface area contributed by atoms with Gasteiger partial charge in [0.25, 0.3) is 0 Å². The summed E-state index contributed by atoms with van der Waals surface area (Å²) in [6, 6.07) is 0. The van der Waals surface area contributed by atoms with Gasteiger partial charge in [0.15, 0.2) is 0 Å². The van der Waals surface area contributed by atoms with Gasteiger partial charge in [-0.1, -0.05) is 32.6 Å². The van der Waals surface area contributed by atoms with Crippen LogP contribution in [-0.2, 0) is 4.74 Å². The Hall–Kier alpha value is -0.120. The molecule has 3 atom stereocenters. The van der Waals surface area contributed by atoms with Crippen LogP contribution in [0.25, 0.3) is 0 Å². The minimum absolute atomic E-state index is 0.220. The fourth-order valence-corrected chi connectivity index (χ4v) is 2.52. The van der Waals surface area contributed by atoms with Crippen molar-refractivity contribution < 1.29 is 14.9 Å². The summed E-state index contributed by atoms with van der Waals surface area (Å²) in [4.78, 5) is 0. The van der Waals surface area contributed by atoms with Crippen molar-refractivity contribution in [1.29, 1.82) is 0 Å². The van der Waals surface area contributed by atoms with Crippen molar-refractivity contribution in [3.05, 3.63) is 0 Å². The van der Waals surface area contributed by atoms with Gasteiger partial charge in [0.1, 0.15) is 0 Å². The molecule has 102 valence electrons. The molecule has 1 rings (SSSR count). The van der Waals surface area contributed by atoms with E-state index in [0.29, 0.717) is 13.0 Å². The van der Waals surface area contributed by atoms with E-state index in [9.17, 15) is 10.2 Å². The van der Waals surface area contributed by atoms with E-state index in [2.05, 4.69) is 6.92 Å². The van der Waals surface area contributed by atoms with Gasteiger partial charge in [0.05, 0.1) is 18.8 Å². The largest absolute Gasteiger partial charge is 0.393 e. The van der Waals surface area contributed by atoms with Crippen LogP contribution in [0.4, 0.5) is 0 Å². The molecule has 3 nitrogen and oxygen atoms in total. The highest BCUT2D eigenvalue weighted by atomic mass is 16.5. The van der Waals surface area contributed by atoms with E-state index in [0.717, 1.165) is 38.7 Å². The van der Waals surface area contributed by atoms with E-state index in [4.69, 9.17) is 4.74 Å². The van der Waals surface area contributed by atoms with Crippen LogP contribution in [0.15, 0.2) is 0 Å². The van der Waals surface area contributed by atoms with E-state index < -0.39 is 6.10 Å². The lowest BCUT2D eigenvalue weighted by molar-refractivity contribution is 0.00278. The first-order valence-corrected chi connectivity index (χ1v) is 7.18. The van der Waals surface area contributed by atoms with E-state index in [1.165, 1.54) is 12.8 Å². The molecule has 0 aromatic rings. The SMILES string of the molecule is CCCCOCC(O)CC1CCCCCC1O. The lowest BCUT2D eigenvalue weighted by atomic mass is 9.91. The number of aliphatic hydroxyl groups is 2. The lowest BCUT2D eigenvalue weighted by Crippen LogP contribution is -2.26. The third kappa shape index (κ3) is 6.39. The lowest BCUT2D eigenvalue weighted by Gasteiger charge is -2.23. The first kappa shape index (κ1) is 14.9. The normalized spacial score (nSPS) is 27.7. The van der Waals surface area contributed by atoms with E-state index >= 15 is 0 Å². The molecule has 0 aliphatic heterocycles. The molecule has 0 aromatic carbocycles. The number of aliphatic hydroxyl groups excluding tert-OH is 2. The van der Waals surface area contributed by atoms with Crippen molar-refractivity contribution in [2.24, 2.45) is 5.92 Å². The van der Waals surface area contributed by atoms with Gasteiger partial charge in [-0.2, -0.15) is 0 Å². The molecule has 1 saturated carbocycles. The molecule has 0 bridgehead atoms. The Morgan fingerprint density at radius 3 is 2.76 bits per heavy atom. The average molecular weight is 244 g/mol. The molecule has 1 aliphatic rings. The smallest absolute Gasteiger partial charge is 0.0777 e. The molecule has 0 aromatic heterocycles. The molecule has 0 heterocycles. The second-order valence-corrected chi connectivity index (χ2v) is 5.28. The molecule has 0 radical (unpaired) electrons. The number of hydrogen-bond acceptors (Lipinski definition) is 3. The molecule has 0 saturated heterocycles. The molecule has 0 spiro atoms. The Kier molecular flexibility index (Phi) is 7.82. The summed E-state index contributed by atoms with van der Waals surface area (Å²) in [5, 5.41) is 19.8. The Balaban J connectivity index is 2.16. The van der Waals surface area contributed by atoms with Gasteiger partial charge < -0.3 is 14.9 Å². The minimum atomic E-state index is -0.412. The van der Waals surface area contributed by atoms with Crippen molar-refractivity contribution in [3.63, 3.8) is 0 Å². The number of ether oxygens (including phenoxy) is 1. The summed E-state index contributed by atoms with van der Waals surface area (Å²) in [7, 11) is 0. The van der Waals surface area contributed by atoms with Crippen LogP contribution in [0.3, 0.4) is 0 Å². The number of hydrogen-bond donors (Lipinski definition) is 2. The predicted octanol–water partition coefficient (Wildman–Crippen LogP) is 2.50. The van der Waals surface area contributed by atoms with Crippen LogP contribution >= 0.6 is 0 Å². The minimum Gasteiger partial charge on any atom is -0.393 e. The van der Waals surface area contributed by atoms with Gasteiger partial charge in [0, 0.05) is 6.61 Å². The average Bonchev–Trinajstić information content (AvgIpc) is 2.51.